The number of nitro benzene ring substituents is 1. The summed E-state index contributed by atoms with van der Waals surface area (Å²) in [5.41, 5.74) is -0.149. The molecule has 74 valence electrons. The van der Waals surface area contributed by atoms with Crippen LogP contribution < -0.4 is 0 Å². The lowest BCUT2D eigenvalue weighted by Crippen LogP contribution is -1.99. The van der Waals surface area contributed by atoms with Gasteiger partial charge in [-0.3, -0.25) is 10.1 Å². The molecule has 1 N–H and O–H groups in total. The van der Waals surface area contributed by atoms with Gasteiger partial charge in [0.2, 0.25) is 0 Å². The van der Waals surface area contributed by atoms with E-state index in [0.717, 1.165) is 0 Å². The second-order valence-electron chi connectivity index (χ2n) is 2.31. The average molecular weight is 279 g/mol. The molecule has 14 heavy (non-hydrogen) atoms. The maximum absolute atomic E-state index is 10.6. The Labute approximate surface area is 92.3 Å². The predicted molar refractivity (Wildman–Crippen MR) is 55.0 cm³/mol. The van der Waals surface area contributed by atoms with Gasteiger partial charge in [0.1, 0.15) is 0 Å². The summed E-state index contributed by atoms with van der Waals surface area (Å²) >= 11 is 8.56. The fraction of sp³-hybridized carbons (Fsp3) is 0. The maximum Gasteiger partial charge on any atom is 0.280 e. The van der Waals surface area contributed by atoms with E-state index in [-0.39, 0.29) is 16.4 Å². The predicted octanol–water partition coefficient (Wildman–Crippen LogP) is 2.73. The Morgan fingerprint density at radius 3 is 2.79 bits per heavy atom. The fourth-order valence-electron chi connectivity index (χ4n) is 0.884. The summed E-state index contributed by atoms with van der Waals surface area (Å²) in [6.45, 7) is 0. The summed E-state index contributed by atoms with van der Waals surface area (Å²) in [5, 5.41) is 21.3. The van der Waals surface area contributed by atoms with E-state index in [0.29, 0.717) is 4.47 Å². The number of benzene rings is 1. The molecule has 0 radical (unpaired) electrons. The summed E-state index contributed by atoms with van der Waals surface area (Å²) < 4.78 is 0.551. The van der Waals surface area contributed by atoms with Gasteiger partial charge in [-0.05, 0) is 12.1 Å². The molecule has 0 aliphatic heterocycles. The molecule has 0 fully saturated rings. The Balaban J connectivity index is 3.36. The lowest BCUT2D eigenvalue weighted by atomic mass is 10.2. The van der Waals surface area contributed by atoms with E-state index in [4.69, 9.17) is 16.8 Å². The summed E-state index contributed by atoms with van der Waals surface area (Å²) in [6, 6.07) is 4.24. The van der Waals surface area contributed by atoms with Gasteiger partial charge in [-0.1, -0.05) is 32.7 Å². The lowest BCUT2D eigenvalue weighted by molar-refractivity contribution is -0.385. The number of nitro groups is 1. The monoisotopic (exact) mass is 278 g/mol. The molecule has 0 aliphatic carbocycles. The van der Waals surface area contributed by atoms with E-state index in [1.54, 1.807) is 6.07 Å². The zero-order valence-electron chi connectivity index (χ0n) is 6.65. The third-order valence-electron chi connectivity index (χ3n) is 1.47. The van der Waals surface area contributed by atoms with Crippen molar-refractivity contribution in [3.8, 4) is 0 Å². The van der Waals surface area contributed by atoms with Crippen LogP contribution in [0.25, 0.3) is 0 Å². The molecule has 0 aromatic heterocycles. The van der Waals surface area contributed by atoms with E-state index in [2.05, 4.69) is 21.1 Å². The minimum atomic E-state index is -0.604. The molecule has 0 bridgehead atoms. The standard InChI is InChI=1S/C7H4BrClN2O3/c8-4-1-2-5(7(9)10-12)6(3-4)11(13)14/h1-3,12H/b10-7+. The van der Waals surface area contributed by atoms with Gasteiger partial charge in [0, 0.05) is 10.5 Å². The van der Waals surface area contributed by atoms with Crippen LogP contribution in [-0.4, -0.2) is 15.3 Å². The van der Waals surface area contributed by atoms with Gasteiger partial charge in [-0.2, -0.15) is 0 Å². The number of hydrogen-bond acceptors (Lipinski definition) is 4. The Kier molecular flexibility index (Phi) is 3.43. The number of oxime groups is 1. The average Bonchev–Trinajstić information content (AvgIpc) is 2.16. The third-order valence-corrected chi connectivity index (χ3v) is 2.24. The topological polar surface area (TPSA) is 75.7 Å². The minimum absolute atomic E-state index is 0.0716. The van der Waals surface area contributed by atoms with Crippen molar-refractivity contribution < 1.29 is 10.1 Å². The van der Waals surface area contributed by atoms with E-state index in [9.17, 15) is 10.1 Å². The first-order valence-corrected chi connectivity index (χ1v) is 4.55. The van der Waals surface area contributed by atoms with Crippen LogP contribution in [-0.2, 0) is 0 Å². The second-order valence-corrected chi connectivity index (χ2v) is 3.58. The van der Waals surface area contributed by atoms with Crippen LogP contribution in [0.1, 0.15) is 5.56 Å². The van der Waals surface area contributed by atoms with Crippen LogP contribution in [0, 0.1) is 10.1 Å². The van der Waals surface area contributed by atoms with E-state index >= 15 is 0 Å². The SMILES string of the molecule is O=[N+]([O-])c1cc(Br)ccc1/C(Cl)=N\O. The van der Waals surface area contributed by atoms with Crippen molar-refractivity contribution in [3.63, 3.8) is 0 Å². The molecule has 0 atom stereocenters. The van der Waals surface area contributed by atoms with Gasteiger partial charge in [0.25, 0.3) is 5.69 Å². The normalized spacial score (nSPS) is 11.4. The summed E-state index contributed by atoms with van der Waals surface area (Å²) in [6.07, 6.45) is 0. The minimum Gasteiger partial charge on any atom is -0.410 e. The smallest absolute Gasteiger partial charge is 0.280 e. The summed E-state index contributed by atoms with van der Waals surface area (Å²) in [7, 11) is 0. The zero-order chi connectivity index (χ0) is 10.7. The fourth-order valence-corrected chi connectivity index (χ4v) is 1.39. The molecule has 1 aromatic carbocycles. The van der Waals surface area contributed by atoms with Crippen molar-refractivity contribution >= 4 is 38.4 Å². The van der Waals surface area contributed by atoms with Gasteiger partial charge in [-0.25, -0.2) is 0 Å². The van der Waals surface area contributed by atoms with Crippen molar-refractivity contribution in [2.24, 2.45) is 5.16 Å². The first-order valence-electron chi connectivity index (χ1n) is 3.38. The highest BCUT2D eigenvalue weighted by molar-refractivity contribution is 9.10. The van der Waals surface area contributed by atoms with Crippen molar-refractivity contribution in [3.05, 3.63) is 38.3 Å². The van der Waals surface area contributed by atoms with Gasteiger partial charge in [0.05, 0.1) is 10.5 Å². The van der Waals surface area contributed by atoms with Crippen LogP contribution >= 0.6 is 27.5 Å². The highest BCUT2D eigenvalue weighted by atomic mass is 79.9. The Morgan fingerprint density at radius 2 is 2.29 bits per heavy atom. The number of nitrogens with zero attached hydrogens (tertiary/aromatic N) is 2. The summed E-state index contributed by atoms with van der Waals surface area (Å²) in [5.74, 6) is 0. The second kappa shape index (κ2) is 4.39. The first-order chi connectivity index (χ1) is 6.56. The van der Waals surface area contributed by atoms with Crippen molar-refractivity contribution in [1.29, 1.82) is 0 Å². The third kappa shape index (κ3) is 2.21. The Hall–Kier alpha value is -1.14. The van der Waals surface area contributed by atoms with Gasteiger partial charge < -0.3 is 5.21 Å². The molecule has 0 saturated heterocycles. The zero-order valence-corrected chi connectivity index (χ0v) is 8.99. The van der Waals surface area contributed by atoms with Gasteiger partial charge in [-0.15, -0.1) is 0 Å². The van der Waals surface area contributed by atoms with Crippen LogP contribution in [0.5, 0.6) is 0 Å². The molecule has 1 aromatic rings. The largest absolute Gasteiger partial charge is 0.410 e. The van der Waals surface area contributed by atoms with E-state index in [1.807, 2.05) is 0 Å². The van der Waals surface area contributed by atoms with Crippen molar-refractivity contribution in [1.82, 2.24) is 0 Å². The van der Waals surface area contributed by atoms with Crippen LogP contribution in [0.2, 0.25) is 0 Å². The molecule has 5 nitrogen and oxygen atoms in total. The molecule has 0 unspecified atom stereocenters. The number of rotatable bonds is 2. The van der Waals surface area contributed by atoms with Crippen LogP contribution in [0.15, 0.2) is 27.8 Å². The van der Waals surface area contributed by atoms with E-state index in [1.165, 1.54) is 12.1 Å². The van der Waals surface area contributed by atoms with Crippen molar-refractivity contribution in [2.45, 2.75) is 0 Å². The molecular formula is C7H4BrClN2O3. The van der Waals surface area contributed by atoms with E-state index < -0.39 is 4.92 Å². The summed E-state index contributed by atoms with van der Waals surface area (Å²) in [4.78, 5) is 9.98. The van der Waals surface area contributed by atoms with Crippen molar-refractivity contribution in [2.75, 3.05) is 0 Å². The molecule has 0 spiro atoms. The Morgan fingerprint density at radius 1 is 1.64 bits per heavy atom. The highest BCUT2D eigenvalue weighted by Gasteiger charge is 2.17. The molecule has 0 amide bonds. The maximum atomic E-state index is 10.6. The Bertz CT molecular complexity index is 408. The molecule has 0 saturated carbocycles. The van der Waals surface area contributed by atoms with Crippen LogP contribution in [0.3, 0.4) is 0 Å². The van der Waals surface area contributed by atoms with Gasteiger partial charge >= 0.3 is 0 Å². The molecule has 0 heterocycles. The molecular weight excluding hydrogens is 275 g/mol. The first kappa shape index (κ1) is 10.9. The molecule has 1 rings (SSSR count). The van der Waals surface area contributed by atoms with Crippen LogP contribution in [0.4, 0.5) is 5.69 Å². The lowest BCUT2D eigenvalue weighted by Gasteiger charge is -1.99. The molecule has 7 heteroatoms. The quantitative estimate of drug-likeness (QED) is 0.391. The van der Waals surface area contributed by atoms with Gasteiger partial charge in [0.15, 0.2) is 5.17 Å². The number of halogens is 2. The highest BCUT2D eigenvalue weighted by Crippen LogP contribution is 2.24. The number of hydrogen-bond donors (Lipinski definition) is 1. The molecule has 0 aliphatic rings.